The van der Waals surface area contributed by atoms with E-state index in [1.165, 1.54) is 6.92 Å². The lowest BCUT2D eigenvalue weighted by atomic mass is 10.0. The molecule has 0 heterocycles. The number of amidine groups is 1. The third-order valence-corrected chi connectivity index (χ3v) is 2.74. The normalized spacial score (nSPS) is 13.6. The molecule has 6 N–H and O–H groups in total. The van der Waals surface area contributed by atoms with Crippen molar-refractivity contribution in [1.29, 1.82) is 5.41 Å². The van der Waals surface area contributed by atoms with Crippen LogP contribution in [0.1, 0.15) is 30.6 Å². The van der Waals surface area contributed by atoms with Gasteiger partial charge in [-0.3, -0.25) is 10.2 Å². The number of aliphatic hydroxyl groups excluding tert-OH is 2. The third kappa shape index (κ3) is 4.69. The van der Waals surface area contributed by atoms with E-state index in [-0.39, 0.29) is 18.2 Å². The van der Waals surface area contributed by atoms with Gasteiger partial charge < -0.3 is 21.3 Å². The predicted molar refractivity (Wildman–Crippen MR) is 71.7 cm³/mol. The van der Waals surface area contributed by atoms with Crippen LogP contribution in [0.15, 0.2) is 24.3 Å². The van der Waals surface area contributed by atoms with Crippen LogP contribution in [0, 0.1) is 5.41 Å². The van der Waals surface area contributed by atoms with Gasteiger partial charge in [0, 0.05) is 19.0 Å². The van der Waals surface area contributed by atoms with Crippen molar-refractivity contribution >= 4 is 11.7 Å². The van der Waals surface area contributed by atoms with E-state index in [9.17, 15) is 15.0 Å². The first kappa shape index (κ1) is 15.1. The molecule has 2 atom stereocenters. The summed E-state index contributed by atoms with van der Waals surface area (Å²) >= 11 is 0. The Balaban J connectivity index is 2.58. The molecule has 0 bridgehead atoms. The summed E-state index contributed by atoms with van der Waals surface area (Å²) in [6.07, 6.45) is -1.74. The summed E-state index contributed by atoms with van der Waals surface area (Å²) < 4.78 is 0. The van der Waals surface area contributed by atoms with Crippen molar-refractivity contribution in [3.05, 3.63) is 35.4 Å². The number of carbonyl (C=O) groups excluding carboxylic acids is 1. The Kier molecular flexibility index (Phi) is 5.47. The quantitative estimate of drug-likeness (QED) is 0.364. The maximum atomic E-state index is 10.7. The fraction of sp³-hybridized carbons (Fsp3) is 0.385. The first-order valence-electron chi connectivity index (χ1n) is 5.96. The van der Waals surface area contributed by atoms with E-state index in [0.29, 0.717) is 17.7 Å². The lowest BCUT2D eigenvalue weighted by Gasteiger charge is -2.18. The van der Waals surface area contributed by atoms with Gasteiger partial charge in [0.2, 0.25) is 5.91 Å². The number of rotatable bonds is 6. The fourth-order valence-corrected chi connectivity index (χ4v) is 1.64. The van der Waals surface area contributed by atoms with E-state index in [4.69, 9.17) is 11.1 Å². The standard InChI is InChI=1S/C13H19N3O3/c1-8(17)16-7-6-11(18)12(19)9-2-4-10(5-3-9)13(14)15/h2-5,11-12,18-19H,6-7H2,1H3,(H3,14,15)(H,16,17). The number of hydrogen-bond acceptors (Lipinski definition) is 4. The van der Waals surface area contributed by atoms with Gasteiger partial charge in [0.1, 0.15) is 11.9 Å². The number of nitrogens with two attached hydrogens (primary N) is 1. The van der Waals surface area contributed by atoms with Crippen molar-refractivity contribution in [2.45, 2.75) is 25.6 Å². The molecule has 1 rings (SSSR count). The van der Waals surface area contributed by atoms with Gasteiger partial charge >= 0.3 is 0 Å². The van der Waals surface area contributed by atoms with Crippen LogP contribution >= 0.6 is 0 Å². The maximum Gasteiger partial charge on any atom is 0.216 e. The summed E-state index contributed by atoms with van der Waals surface area (Å²) in [6, 6.07) is 6.45. The van der Waals surface area contributed by atoms with E-state index in [1.807, 2.05) is 0 Å². The van der Waals surface area contributed by atoms with Crippen LogP contribution in [0.5, 0.6) is 0 Å². The number of nitrogen functional groups attached to an aromatic ring is 1. The van der Waals surface area contributed by atoms with E-state index in [1.54, 1.807) is 24.3 Å². The highest BCUT2D eigenvalue weighted by Crippen LogP contribution is 2.19. The van der Waals surface area contributed by atoms with Crippen molar-refractivity contribution in [1.82, 2.24) is 5.32 Å². The van der Waals surface area contributed by atoms with Gasteiger partial charge in [-0.2, -0.15) is 0 Å². The van der Waals surface area contributed by atoms with E-state index < -0.39 is 12.2 Å². The molecule has 0 spiro atoms. The van der Waals surface area contributed by atoms with Crippen molar-refractivity contribution in [2.24, 2.45) is 5.73 Å². The number of nitrogens with one attached hydrogen (secondary N) is 2. The fourth-order valence-electron chi connectivity index (χ4n) is 1.64. The van der Waals surface area contributed by atoms with Crippen molar-refractivity contribution in [3.63, 3.8) is 0 Å². The highest BCUT2D eigenvalue weighted by atomic mass is 16.3. The minimum atomic E-state index is -1.03. The van der Waals surface area contributed by atoms with Gasteiger partial charge in [-0.25, -0.2) is 0 Å². The van der Waals surface area contributed by atoms with Crippen LogP contribution < -0.4 is 11.1 Å². The van der Waals surface area contributed by atoms with Crippen LogP contribution in [0.3, 0.4) is 0 Å². The molecule has 0 saturated heterocycles. The van der Waals surface area contributed by atoms with Crippen LogP contribution in [0.2, 0.25) is 0 Å². The molecule has 6 nitrogen and oxygen atoms in total. The Bertz CT molecular complexity index is 445. The van der Waals surface area contributed by atoms with Gasteiger partial charge in [-0.15, -0.1) is 0 Å². The number of amides is 1. The van der Waals surface area contributed by atoms with Crippen LogP contribution in [-0.4, -0.2) is 34.6 Å². The van der Waals surface area contributed by atoms with Gasteiger partial charge in [0.25, 0.3) is 0 Å². The lowest BCUT2D eigenvalue weighted by Crippen LogP contribution is -2.27. The van der Waals surface area contributed by atoms with E-state index >= 15 is 0 Å². The SMILES string of the molecule is CC(=O)NCCC(O)C(O)c1ccc(C(=N)N)cc1. The Labute approximate surface area is 111 Å². The minimum Gasteiger partial charge on any atom is -0.390 e. The summed E-state index contributed by atoms with van der Waals surface area (Å²) in [6.45, 7) is 1.70. The summed E-state index contributed by atoms with van der Waals surface area (Å²) in [4.78, 5) is 10.7. The maximum absolute atomic E-state index is 10.7. The first-order valence-corrected chi connectivity index (χ1v) is 5.96. The van der Waals surface area contributed by atoms with E-state index in [0.717, 1.165) is 0 Å². The molecule has 0 aliphatic heterocycles. The lowest BCUT2D eigenvalue weighted by molar-refractivity contribution is -0.119. The first-order chi connectivity index (χ1) is 8.91. The molecule has 6 heteroatoms. The molecular weight excluding hydrogens is 246 g/mol. The molecule has 0 radical (unpaired) electrons. The van der Waals surface area contributed by atoms with Crippen molar-refractivity contribution < 1.29 is 15.0 Å². The zero-order chi connectivity index (χ0) is 14.4. The van der Waals surface area contributed by atoms with Crippen LogP contribution in [0.25, 0.3) is 0 Å². The predicted octanol–water partition coefficient (Wildman–Crippen LogP) is -0.109. The second-order valence-corrected chi connectivity index (χ2v) is 4.32. The molecule has 1 amide bonds. The molecule has 0 aliphatic rings. The second-order valence-electron chi connectivity index (χ2n) is 4.32. The van der Waals surface area contributed by atoms with Gasteiger partial charge in [0.05, 0.1) is 6.10 Å². The smallest absolute Gasteiger partial charge is 0.216 e. The number of aliphatic hydroxyl groups is 2. The Hall–Kier alpha value is -1.92. The highest BCUT2D eigenvalue weighted by molar-refractivity contribution is 5.94. The molecule has 104 valence electrons. The molecule has 1 aromatic rings. The molecule has 0 aliphatic carbocycles. The highest BCUT2D eigenvalue weighted by Gasteiger charge is 2.18. The Morgan fingerprint density at radius 1 is 1.37 bits per heavy atom. The topological polar surface area (TPSA) is 119 Å². The molecule has 0 fully saturated rings. The number of carbonyl (C=O) groups is 1. The average molecular weight is 265 g/mol. The van der Waals surface area contributed by atoms with E-state index in [2.05, 4.69) is 5.32 Å². The molecule has 19 heavy (non-hydrogen) atoms. The zero-order valence-electron chi connectivity index (χ0n) is 10.8. The third-order valence-electron chi connectivity index (χ3n) is 2.74. The summed E-state index contributed by atoms with van der Waals surface area (Å²) in [5.74, 6) is -0.222. The summed E-state index contributed by atoms with van der Waals surface area (Å²) in [5, 5.41) is 29.5. The minimum absolute atomic E-state index is 0.0488. The second kappa shape index (κ2) is 6.86. The average Bonchev–Trinajstić information content (AvgIpc) is 2.37. The van der Waals surface area contributed by atoms with Gasteiger partial charge in [0.15, 0.2) is 0 Å². The molecule has 0 saturated carbocycles. The van der Waals surface area contributed by atoms with Crippen molar-refractivity contribution in [2.75, 3.05) is 6.54 Å². The monoisotopic (exact) mass is 265 g/mol. The van der Waals surface area contributed by atoms with Crippen molar-refractivity contribution in [3.8, 4) is 0 Å². The Morgan fingerprint density at radius 3 is 2.42 bits per heavy atom. The molecular formula is C13H19N3O3. The number of benzene rings is 1. The van der Waals surface area contributed by atoms with Crippen LogP contribution in [-0.2, 0) is 4.79 Å². The van der Waals surface area contributed by atoms with Gasteiger partial charge in [-0.1, -0.05) is 24.3 Å². The molecule has 0 aromatic heterocycles. The summed E-state index contributed by atoms with van der Waals surface area (Å²) in [7, 11) is 0. The van der Waals surface area contributed by atoms with Gasteiger partial charge in [-0.05, 0) is 12.0 Å². The summed E-state index contributed by atoms with van der Waals surface area (Å²) in [5.41, 5.74) is 6.43. The Morgan fingerprint density at radius 2 is 1.95 bits per heavy atom. The zero-order valence-corrected chi connectivity index (χ0v) is 10.8. The molecule has 1 aromatic carbocycles. The molecule has 2 unspecified atom stereocenters. The number of hydrogen-bond donors (Lipinski definition) is 5. The largest absolute Gasteiger partial charge is 0.390 e. The van der Waals surface area contributed by atoms with Crippen LogP contribution in [0.4, 0.5) is 0 Å².